The maximum absolute atomic E-state index is 12.3. The Morgan fingerprint density at radius 1 is 1.42 bits per heavy atom. The fourth-order valence-corrected chi connectivity index (χ4v) is 3.36. The van der Waals surface area contributed by atoms with Crippen LogP contribution in [0.5, 0.6) is 0 Å². The molecule has 2 aromatic heterocycles. The van der Waals surface area contributed by atoms with Crippen molar-refractivity contribution in [2.24, 2.45) is 5.92 Å². The van der Waals surface area contributed by atoms with E-state index in [-0.39, 0.29) is 5.91 Å². The summed E-state index contributed by atoms with van der Waals surface area (Å²) in [4.78, 5) is 20.8. The second-order valence-electron chi connectivity index (χ2n) is 6.68. The monoisotopic (exact) mass is 327 g/mol. The summed E-state index contributed by atoms with van der Waals surface area (Å²) >= 11 is 0. The van der Waals surface area contributed by atoms with Gasteiger partial charge in [0.05, 0.1) is 12.5 Å². The molecule has 0 aliphatic carbocycles. The van der Waals surface area contributed by atoms with Gasteiger partial charge in [0.1, 0.15) is 0 Å². The van der Waals surface area contributed by atoms with Gasteiger partial charge in [0.2, 0.25) is 5.91 Å². The number of rotatable bonds is 7. The minimum Gasteiger partial charge on any atom is -0.472 e. The molecular weight excluding hydrogens is 302 g/mol. The lowest BCUT2D eigenvalue weighted by Crippen LogP contribution is -2.31. The van der Waals surface area contributed by atoms with Gasteiger partial charge in [0.15, 0.2) is 0 Å². The Labute approximate surface area is 143 Å². The lowest BCUT2D eigenvalue weighted by atomic mass is 10.1. The number of nitrogens with zero attached hydrogens (tertiary/aromatic N) is 3. The highest BCUT2D eigenvalue weighted by molar-refractivity contribution is 5.76. The van der Waals surface area contributed by atoms with Crippen LogP contribution in [0.3, 0.4) is 0 Å². The van der Waals surface area contributed by atoms with Crippen molar-refractivity contribution in [1.29, 1.82) is 0 Å². The second kappa shape index (κ2) is 8.11. The third kappa shape index (κ3) is 4.68. The highest BCUT2D eigenvalue weighted by Crippen LogP contribution is 2.19. The van der Waals surface area contributed by atoms with Crippen LogP contribution in [0.15, 0.2) is 47.5 Å². The molecule has 1 aliphatic rings. The molecule has 1 fully saturated rings. The van der Waals surface area contributed by atoms with Gasteiger partial charge in [-0.2, -0.15) is 0 Å². The fraction of sp³-hybridized carbons (Fsp3) is 0.474. The van der Waals surface area contributed by atoms with Crippen LogP contribution in [0, 0.1) is 5.92 Å². The number of hydrogen-bond donors (Lipinski definition) is 0. The first-order chi connectivity index (χ1) is 11.7. The average molecular weight is 327 g/mol. The van der Waals surface area contributed by atoms with Crippen LogP contribution >= 0.6 is 0 Å². The Morgan fingerprint density at radius 3 is 3.08 bits per heavy atom. The van der Waals surface area contributed by atoms with E-state index in [4.69, 9.17) is 4.42 Å². The number of furan rings is 1. The van der Waals surface area contributed by atoms with E-state index in [1.807, 2.05) is 23.2 Å². The quantitative estimate of drug-likeness (QED) is 0.784. The molecular formula is C19H25N3O2. The Morgan fingerprint density at radius 2 is 2.33 bits per heavy atom. The third-order valence-electron chi connectivity index (χ3n) is 4.59. The molecule has 5 nitrogen and oxygen atoms in total. The Hall–Kier alpha value is -2.14. The number of likely N-dealkylation sites (tertiary alicyclic amines) is 1. The van der Waals surface area contributed by atoms with E-state index >= 15 is 0 Å². The molecule has 0 saturated carbocycles. The number of hydrogen-bond acceptors (Lipinski definition) is 4. The van der Waals surface area contributed by atoms with Gasteiger partial charge in [0, 0.05) is 45.0 Å². The van der Waals surface area contributed by atoms with Crippen molar-refractivity contribution in [3.63, 3.8) is 0 Å². The van der Waals surface area contributed by atoms with Crippen LogP contribution in [-0.4, -0.2) is 47.4 Å². The van der Waals surface area contributed by atoms with E-state index in [0.29, 0.717) is 12.3 Å². The van der Waals surface area contributed by atoms with Gasteiger partial charge in [0.25, 0.3) is 0 Å². The first-order valence-corrected chi connectivity index (χ1v) is 8.57. The molecule has 1 aliphatic heterocycles. The van der Waals surface area contributed by atoms with Crippen molar-refractivity contribution in [3.05, 3.63) is 54.2 Å². The molecule has 128 valence electrons. The first kappa shape index (κ1) is 16.7. The molecule has 1 unspecified atom stereocenters. The van der Waals surface area contributed by atoms with Crippen molar-refractivity contribution in [2.75, 3.05) is 26.7 Å². The topological polar surface area (TPSA) is 49.6 Å². The van der Waals surface area contributed by atoms with Gasteiger partial charge in [-0.25, -0.2) is 0 Å². The number of amides is 1. The van der Waals surface area contributed by atoms with E-state index in [1.165, 1.54) is 5.56 Å². The van der Waals surface area contributed by atoms with E-state index in [9.17, 15) is 4.79 Å². The largest absolute Gasteiger partial charge is 0.472 e. The van der Waals surface area contributed by atoms with Gasteiger partial charge in [-0.3, -0.25) is 9.78 Å². The summed E-state index contributed by atoms with van der Waals surface area (Å²) in [5, 5.41) is 0. The van der Waals surface area contributed by atoms with Crippen LogP contribution in [0.1, 0.15) is 24.0 Å². The first-order valence-electron chi connectivity index (χ1n) is 8.57. The van der Waals surface area contributed by atoms with Gasteiger partial charge in [-0.1, -0.05) is 6.07 Å². The smallest absolute Gasteiger partial charge is 0.222 e. The number of carbonyl (C=O) groups excluding carboxylic acids is 1. The summed E-state index contributed by atoms with van der Waals surface area (Å²) in [7, 11) is 2.14. The second-order valence-corrected chi connectivity index (χ2v) is 6.68. The summed E-state index contributed by atoms with van der Waals surface area (Å²) in [5.74, 6) is 0.818. The summed E-state index contributed by atoms with van der Waals surface area (Å²) in [6, 6.07) is 6.00. The molecule has 0 bridgehead atoms. The van der Waals surface area contributed by atoms with Gasteiger partial charge in [-0.05, 0) is 49.1 Å². The van der Waals surface area contributed by atoms with E-state index in [2.05, 4.69) is 23.0 Å². The zero-order valence-electron chi connectivity index (χ0n) is 14.2. The van der Waals surface area contributed by atoms with E-state index < -0.39 is 0 Å². The molecule has 2 aromatic rings. The predicted octanol–water partition coefficient (Wildman–Crippen LogP) is 2.59. The molecule has 0 N–H and O–H groups in total. The highest BCUT2D eigenvalue weighted by atomic mass is 16.3. The molecule has 1 saturated heterocycles. The maximum atomic E-state index is 12.3. The van der Waals surface area contributed by atoms with Crippen LogP contribution in [0.2, 0.25) is 0 Å². The Bertz CT molecular complexity index is 627. The summed E-state index contributed by atoms with van der Waals surface area (Å²) in [6.45, 7) is 3.68. The van der Waals surface area contributed by atoms with Gasteiger partial charge < -0.3 is 14.2 Å². The van der Waals surface area contributed by atoms with Crippen molar-refractivity contribution in [3.8, 4) is 0 Å². The van der Waals surface area contributed by atoms with E-state index in [1.54, 1.807) is 18.7 Å². The molecule has 1 amide bonds. The molecule has 24 heavy (non-hydrogen) atoms. The van der Waals surface area contributed by atoms with Crippen molar-refractivity contribution < 1.29 is 9.21 Å². The van der Waals surface area contributed by atoms with Crippen LogP contribution in [0.4, 0.5) is 0 Å². The van der Waals surface area contributed by atoms with Crippen LogP contribution in [0.25, 0.3) is 0 Å². The Kier molecular flexibility index (Phi) is 5.64. The maximum Gasteiger partial charge on any atom is 0.222 e. The van der Waals surface area contributed by atoms with Crippen LogP contribution in [-0.2, 0) is 17.8 Å². The number of aryl methyl sites for hydroxylation is 1. The lowest BCUT2D eigenvalue weighted by molar-refractivity contribution is -0.130. The number of carbonyl (C=O) groups is 1. The minimum atomic E-state index is 0.258. The normalized spacial score (nSPS) is 17.6. The zero-order valence-corrected chi connectivity index (χ0v) is 14.2. The van der Waals surface area contributed by atoms with Crippen molar-refractivity contribution in [1.82, 2.24) is 14.8 Å². The summed E-state index contributed by atoms with van der Waals surface area (Å²) < 4.78 is 5.05. The third-order valence-corrected chi connectivity index (χ3v) is 4.59. The summed E-state index contributed by atoms with van der Waals surface area (Å²) in [5.41, 5.74) is 2.32. The van der Waals surface area contributed by atoms with Crippen molar-refractivity contribution >= 4 is 5.91 Å². The van der Waals surface area contributed by atoms with Crippen molar-refractivity contribution in [2.45, 2.75) is 25.8 Å². The predicted molar refractivity (Wildman–Crippen MR) is 92.3 cm³/mol. The molecule has 0 aromatic carbocycles. The van der Waals surface area contributed by atoms with E-state index in [0.717, 1.165) is 44.6 Å². The highest BCUT2D eigenvalue weighted by Gasteiger charge is 2.26. The average Bonchev–Trinajstić information content (AvgIpc) is 3.25. The summed E-state index contributed by atoms with van der Waals surface area (Å²) in [6.07, 6.45) is 9.51. The van der Waals surface area contributed by atoms with Gasteiger partial charge in [-0.15, -0.1) is 0 Å². The molecule has 3 heterocycles. The molecule has 0 radical (unpaired) electrons. The number of pyridine rings is 1. The SMILES string of the molecule is CN(Cc1cccnc1)CC1CCN(C(=O)CCc2ccoc2)C1. The number of aromatic nitrogens is 1. The van der Waals surface area contributed by atoms with Gasteiger partial charge >= 0.3 is 0 Å². The lowest BCUT2D eigenvalue weighted by Gasteiger charge is -2.21. The van der Waals surface area contributed by atoms with Crippen LogP contribution < -0.4 is 0 Å². The molecule has 5 heteroatoms. The minimum absolute atomic E-state index is 0.258. The zero-order chi connectivity index (χ0) is 16.8. The molecule has 1 atom stereocenters. The molecule has 0 spiro atoms. The molecule has 3 rings (SSSR count). The fourth-order valence-electron chi connectivity index (χ4n) is 3.36. The standard InChI is InChI=1S/C19H25N3O2/c1-21(12-17-3-2-8-20-11-17)13-18-6-9-22(14-18)19(23)5-4-16-7-10-24-15-16/h2-3,7-8,10-11,15,18H,4-6,9,12-14H2,1H3. The Balaban J connectivity index is 1.40.